The molecular formula is C14H13NO3. The highest BCUT2D eigenvalue weighted by Gasteiger charge is 2.05. The van der Waals surface area contributed by atoms with Gasteiger partial charge < -0.3 is 9.84 Å². The molecule has 4 heteroatoms. The molecular weight excluding hydrogens is 230 g/mol. The summed E-state index contributed by atoms with van der Waals surface area (Å²) >= 11 is 0. The van der Waals surface area contributed by atoms with E-state index in [0.717, 1.165) is 17.4 Å². The Morgan fingerprint density at radius 3 is 2.72 bits per heavy atom. The van der Waals surface area contributed by atoms with Gasteiger partial charge >= 0.3 is 0 Å². The predicted molar refractivity (Wildman–Crippen MR) is 67.9 cm³/mol. The lowest BCUT2D eigenvalue weighted by atomic mass is 10.0. The zero-order valence-electron chi connectivity index (χ0n) is 9.96. The molecule has 4 nitrogen and oxygen atoms in total. The Balaban J connectivity index is 2.49. The monoisotopic (exact) mass is 243 g/mol. The number of aromatic hydroxyl groups is 1. The molecule has 0 aliphatic carbocycles. The van der Waals surface area contributed by atoms with Crippen LogP contribution in [0.1, 0.15) is 17.3 Å². The molecule has 1 N–H and O–H groups in total. The third-order valence-corrected chi connectivity index (χ3v) is 2.43. The van der Waals surface area contributed by atoms with Crippen molar-refractivity contribution in [1.82, 2.24) is 4.98 Å². The summed E-state index contributed by atoms with van der Waals surface area (Å²) in [6, 6.07) is 6.81. The summed E-state index contributed by atoms with van der Waals surface area (Å²) in [5, 5.41) is 9.41. The molecule has 0 aliphatic rings. The van der Waals surface area contributed by atoms with Gasteiger partial charge in [0.25, 0.3) is 0 Å². The van der Waals surface area contributed by atoms with Crippen molar-refractivity contribution in [2.45, 2.75) is 6.92 Å². The summed E-state index contributed by atoms with van der Waals surface area (Å²) in [5.74, 6) is 0.711. The van der Waals surface area contributed by atoms with Crippen LogP contribution in [0.3, 0.4) is 0 Å². The van der Waals surface area contributed by atoms with Crippen LogP contribution >= 0.6 is 0 Å². The van der Waals surface area contributed by atoms with Crippen LogP contribution < -0.4 is 4.74 Å². The number of aldehydes is 1. The summed E-state index contributed by atoms with van der Waals surface area (Å²) in [7, 11) is 0. The highest BCUT2D eigenvalue weighted by Crippen LogP contribution is 2.27. The number of benzene rings is 1. The van der Waals surface area contributed by atoms with Crippen LogP contribution in [-0.2, 0) is 0 Å². The van der Waals surface area contributed by atoms with Gasteiger partial charge in [-0.25, -0.2) is 0 Å². The Bertz CT molecular complexity index is 567. The number of carbonyl (C=O) groups excluding carboxylic acids is 1. The molecule has 1 heterocycles. The number of hydrogen-bond donors (Lipinski definition) is 1. The quantitative estimate of drug-likeness (QED) is 0.839. The largest absolute Gasteiger partial charge is 0.506 e. The number of rotatable bonds is 4. The molecule has 0 fully saturated rings. The normalized spacial score (nSPS) is 10.1. The van der Waals surface area contributed by atoms with Crippen LogP contribution in [0, 0.1) is 0 Å². The van der Waals surface area contributed by atoms with Crippen LogP contribution in [0.2, 0.25) is 0 Å². The third-order valence-electron chi connectivity index (χ3n) is 2.43. The number of hydrogen-bond acceptors (Lipinski definition) is 4. The first kappa shape index (κ1) is 12.1. The molecule has 1 aromatic carbocycles. The van der Waals surface area contributed by atoms with E-state index >= 15 is 0 Å². The molecule has 0 radical (unpaired) electrons. The fourth-order valence-electron chi connectivity index (χ4n) is 1.69. The molecule has 2 rings (SSSR count). The number of ether oxygens (including phenoxy) is 1. The maximum absolute atomic E-state index is 10.9. The summed E-state index contributed by atoms with van der Waals surface area (Å²) < 4.78 is 5.40. The Labute approximate surface area is 105 Å². The van der Waals surface area contributed by atoms with Crippen LogP contribution in [0.25, 0.3) is 11.1 Å². The topological polar surface area (TPSA) is 59.4 Å². The Morgan fingerprint density at radius 1 is 1.22 bits per heavy atom. The van der Waals surface area contributed by atoms with E-state index in [1.165, 1.54) is 6.20 Å². The molecule has 92 valence electrons. The van der Waals surface area contributed by atoms with Crippen molar-refractivity contribution < 1.29 is 14.6 Å². The van der Waals surface area contributed by atoms with Gasteiger partial charge in [-0.3, -0.25) is 9.78 Å². The minimum Gasteiger partial charge on any atom is -0.506 e. The maximum atomic E-state index is 10.9. The lowest BCUT2D eigenvalue weighted by Gasteiger charge is -2.08. The van der Waals surface area contributed by atoms with Crippen LogP contribution in [0.5, 0.6) is 11.5 Å². The molecule has 0 aliphatic heterocycles. The van der Waals surface area contributed by atoms with E-state index in [1.54, 1.807) is 24.4 Å². The highest BCUT2D eigenvalue weighted by atomic mass is 16.5. The van der Waals surface area contributed by atoms with E-state index in [-0.39, 0.29) is 5.75 Å². The van der Waals surface area contributed by atoms with Gasteiger partial charge in [0.2, 0.25) is 0 Å². The predicted octanol–water partition coefficient (Wildman–Crippen LogP) is 2.67. The zero-order chi connectivity index (χ0) is 13.0. The van der Waals surface area contributed by atoms with Gasteiger partial charge in [-0.2, -0.15) is 0 Å². The van der Waals surface area contributed by atoms with Gasteiger partial charge in [0.05, 0.1) is 12.8 Å². The van der Waals surface area contributed by atoms with Crippen molar-refractivity contribution >= 4 is 6.29 Å². The highest BCUT2D eigenvalue weighted by molar-refractivity contribution is 5.80. The van der Waals surface area contributed by atoms with Gasteiger partial charge in [-0.15, -0.1) is 0 Å². The van der Waals surface area contributed by atoms with Crippen molar-refractivity contribution in [3.63, 3.8) is 0 Å². The van der Waals surface area contributed by atoms with Crippen molar-refractivity contribution in [3.8, 4) is 22.6 Å². The summed E-state index contributed by atoms with van der Waals surface area (Å²) in [4.78, 5) is 14.8. The van der Waals surface area contributed by atoms with Crippen molar-refractivity contribution in [3.05, 3.63) is 42.2 Å². The number of pyridine rings is 1. The van der Waals surface area contributed by atoms with Crippen LogP contribution in [0.4, 0.5) is 0 Å². The molecule has 0 unspecified atom stereocenters. The Morgan fingerprint density at radius 2 is 2.06 bits per heavy atom. The van der Waals surface area contributed by atoms with Gasteiger partial charge in [-0.05, 0) is 36.8 Å². The van der Waals surface area contributed by atoms with Crippen LogP contribution in [0.15, 0.2) is 36.7 Å². The smallest absolute Gasteiger partial charge is 0.150 e. The molecule has 0 amide bonds. The molecule has 0 spiro atoms. The molecule has 0 atom stereocenters. The van der Waals surface area contributed by atoms with E-state index < -0.39 is 0 Å². The van der Waals surface area contributed by atoms with Crippen molar-refractivity contribution in [2.24, 2.45) is 0 Å². The molecule has 0 saturated heterocycles. The van der Waals surface area contributed by atoms with Crippen molar-refractivity contribution in [2.75, 3.05) is 6.61 Å². The Hall–Kier alpha value is -2.36. The Kier molecular flexibility index (Phi) is 3.57. The first-order chi connectivity index (χ1) is 8.72. The summed E-state index contributed by atoms with van der Waals surface area (Å²) in [5.41, 5.74) is 2.05. The average molecular weight is 243 g/mol. The SMILES string of the molecule is CCOc1cc(C=O)cc(-c2cncc(O)c2)c1. The molecule has 2 aromatic rings. The molecule has 0 saturated carbocycles. The van der Waals surface area contributed by atoms with Crippen LogP contribution in [-0.4, -0.2) is 23.0 Å². The fourth-order valence-corrected chi connectivity index (χ4v) is 1.69. The number of aromatic nitrogens is 1. The minimum atomic E-state index is 0.0852. The van der Waals surface area contributed by atoms with Gasteiger partial charge in [0.15, 0.2) is 0 Å². The lowest BCUT2D eigenvalue weighted by Crippen LogP contribution is -1.94. The van der Waals surface area contributed by atoms with Gasteiger partial charge in [0, 0.05) is 17.3 Å². The first-order valence-electron chi connectivity index (χ1n) is 5.60. The minimum absolute atomic E-state index is 0.0852. The van der Waals surface area contributed by atoms with E-state index in [0.29, 0.717) is 17.9 Å². The second-order valence-corrected chi connectivity index (χ2v) is 3.77. The van der Waals surface area contributed by atoms with Crippen molar-refractivity contribution in [1.29, 1.82) is 0 Å². The van der Waals surface area contributed by atoms with E-state index in [2.05, 4.69) is 4.98 Å². The molecule has 1 aromatic heterocycles. The molecule has 18 heavy (non-hydrogen) atoms. The fraction of sp³-hybridized carbons (Fsp3) is 0.143. The lowest BCUT2D eigenvalue weighted by molar-refractivity contribution is 0.112. The van der Waals surface area contributed by atoms with E-state index in [1.807, 2.05) is 13.0 Å². The first-order valence-corrected chi connectivity index (χ1v) is 5.60. The standard InChI is InChI=1S/C14H13NO3/c1-2-18-14-4-10(9-16)3-11(6-14)12-5-13(17)8-15-7-12/h3-9,17H,2H2,1H3. The third kappa shape index (κ3) is 2.66. The summed E-state index contributed by atoms with van der Waals surface area (Å²) in [6.07, 6.45) is 3.75. The second-order valence-electron chi connectivity index (χ2n) is 3.77. The second kappa shape index (κ2) is 5.31. The summed E-state index contributed by atoms with van der Waals surface area (Å²) in [6.45, 7) is 2.41. The van der Waals surface area contributed by atoms with Gasteiger partial charge in [-0.1, -0.05) is 0 Å². The van der Waals surface area contributed by atoms with E-state index in [4.69, 9.17) is 4.74 Å². The molecule has 0 bridgehead atoms. The number of carbonyl (C=O) groups is 1. The van der Waals surface area contributed by atoms with E-state index in [9.17, 15) is 9.90 Å². The van der Waals surface area contributed by atoms with Gasteiger partial charge in [0.1, 0.15) is 17.8 Å². The average Bonchev–Trinajstić information content (AvgIpc) is 2.39. The maximum Gasteiger partial charge on any atom is 0.150 e. The number of nitrogens with zero attached hydrogens (tertiary/aromatic N) is 1. The zero-order valence-corrected chi connectivity index (χ0v) is 9.96.